The minimum atomic E-state index is -3.02. The number of carbonyl (C=O) groups excluding carboxylic acids is 1. The van der Waals surface area contributed by atoms with Crippen LogP contribution in [0.2, 0.25) is 0 Å². The van der Waals surface area contributed by atoms with Crippen LogP contribution in [0, 0.1) is 0 Å². The third-order valence-corrected chi connectivity index (χ3v) is 7.73. The van der Waals surface area contributed by atoms with E-state index < -0.39 is 9.84 Å². The van der Waals surface area contributed by atoms with Gasteiger partial charge in [0.25, 0.3) is 5.91 Å². The quantitative estimate of drug-likeness (QED) is 0.825. The zero-order valence-electron chi connectivity index (χ0n) is 13.9. The maximum absolute atomic E-state index is 13.0. The van der Waals surface area contributed by atoms with Crippen molar-refractivity contribution in [3.63, 3.8) is 0 Å². The molecule has 0 N–H and O–H groups in total. The van der Waals surface area contributed by atoms with Gasteiger partial charge in [0.1, 0.15) is 12.4 Å². The van der Waals surface area contributed by atoms with Gasteiger partial charge >= 0.3 is 0 Å². The van der Waals surface area contributed by atoms with E-state index in [4.69, 9.17) is 4.74 Å². The summed E-state index contributed by atoms with van der Waals surface area (Å²) in [7, 11) is -3.02. The Labute approximate surface area is 151 Å². The molecule has 4 rings (SSSR count). The average molecular weight is 377 g/mol. The SMILES string of the molecule is CCN(C(=O)c1cc2c(s1)-c1ccccc1OC2)[C@@H]1CCS(=O)(=O)C1. The van der Waals surface area contributed by atoms with Gasteiger partial charge in [0.2, 0.25) is 0 Å². The minimum Gasteiger partial charge on any atom is -0.488 e. The van der Waals surface area contributed by atoms with Crippen molar-refractivity contribution in [2.75, 3.05) is 18.1 Å². The summed E-state index contributed by atoms with van der Waals surface area (Å²) in [5, 5.41) is 0. The van der Waals surface area contributed by atoms with Crippen LogP contribution < -0.4 is 4.74 Å². The third kappa shape index (κ3) is 2.95. The van der Waals surface area contributed by atoms with Crippen molar-refractivity contribution in [1.29, 1.82) is 0 Å². The van der Waals surface area contributed by atoms with Crippen molar-refractivity contribution in [3.05, 3.63) is 40.8 Å². The Morgan fingerprint density at radius 2 is 2.16 bits per heavy atom. The predicted octanol–water partition coefficient (Wildman–Crippen LogP) is 2.96. The second-order valence-electron chi connectivity index (χ2n) is 6.40. The van der Waals surface area contributed by atoms with Crippen LogP contribution in [0.1, 0.15) is 28.6 Å². The van der Waals surface area contributed by atoms with Gasteiger partial charge in [-0.15, -0.1) is 11.3 Å². The molecule has 0 aliphatic carbocycles. The number of carbonyl (C=O) groups is 1. The summed E-state index contributed by atoms with van der Waals surface area (Å²) in [5.41, 5.74) is 2.03. The van der Waals surface area contributed by atoms with Gasteiger partial charge in [-0.1, -0.05) is 12.1 Å². The number of fused-ring (bicyclic) bond motifs is 3. The minimum absolute atomic E-state index is 0.0730. The molecule has 2 aliphatic heterocycles. The highest BCUT2D eigenvalue weighted by Gasteiger charge is 2.35. The molecule has 1 atom stereocenters. The molecule has 0 unspecified atom stereocenters. The summed E-state index contributed by atoms with van der Waals surface area (Å²) < 4.78 is 29.3. The van der Waals surface area contributed by atoms with Crippen LogP contribution >= 0.6 is 11.3 Å². The highest BCUT2D eigenvalue weighted by Crippen LogP contribution is 2.42. The summed E-state index contributed by atoms with van der Waals surface area (Å²) in [5.74, 6) is 0.999. The van der Waals surface area contributed by atoms with Crippen LogP contribution in [0.4, 0.5) is 0 Å². The number of sulfone groups is 1. The molecule has 1 aromatic carbocycles. The second kappa shape index (κ2) is 6.14. The highest BCUT2D eigenvalue weighted by atomic mass is 32.2. The molecule has 0 radical (unpaired) electrons. The zero-order chi connectivity index (χ0) is 17.6. The Hall–Kier alpha value is -1.86. The largest absolute Gasteiger partial charge is 0.488 e. The summed E-state index contributed by atoms with van der Waals surface area (Å²) >= 11 is 1.47. The van der Waals surface area contributed by atoms with Crippen LogP contribution in [0.5, 0.6) is 5.75 Å². The number of para-hydroxylation sites is 1. The van der Waals surface area contributed by atoms with Crippen LogP contribution in [0.25, 0.3) is 10.4 Å². The Morgan fingerprint density at radius 3 is 2.88 bits per heavy atom. The standard InChI is InChI=1S/C18H19NO4S2/c1-2-19(13-7-8-25(21,22)11-13)18(20)16-9-12-10-23-15-6-4-3-5-14(15)17(12)24-16/h3-6,9,13H,2,7-8,10-11H2,1H3/t13-/m1/s1. The van der Waals surface area contributed by atoms with E-state index in [1.54, 1.807) is 4.90 Å². The fourth-order valence-corrected chi connectivity index (χ4v) is 6.42. The van der Waals surface area contributed by atoms with Crippen molar-refractivity contribution in [3.8, 4) is 16.2 Å². The lowest BCUT2D eigenvalue weighted by Gasteiger charge is -2.26. The fraction of sp³-hybridized carbons (Fsp3) is 0.389. The van der Waals surface area contributed by atoms with Gasteiger partial charge in [0.05, 0.1) is 16.4 Å². The zero-order valence-corrected chi connectivity index (χ0v) is 15.5. The predicted molar refractivity (Wildman–Crippen MR) is 97.9 cm³/mol. The van der Waals surface area contributed by atoms with Crippen LogP contribution in [0.3, 0.4) is 0 Å². The number of hydrogen-bond acceptors (Lipinski definition) is 5. The number of rotatable bonds is 3. The second-order valence-corrected chi connectivity index (χ2v) is 9.68. The molecular weight excluding hydrogens is 358 g/mol. The van der Waals surface area contributed by atoms with Gasteiger partial charge in [-0.25, -0.2) is 8.42 Å². The van der Waals surface area contributed by atoms with E-state index in [9.17, 15) is 13.2 Å². The number of ether oxygens (including phenoxy) is 1. The summed E-state index contributed by atoms with van der Waals surface area (Å²) in [6.45, 7) is 2.86. The summed E-state index contributed by atoms with van der Waals surface area (Å²) in [4.78, 5) is 16.4. The molecule has 1 saturated heterocycles. The maximum atomic E-state index is 13.0. The lowest BCUT2D eigenvalue weighted by atomic mass is 10.1. The first kappa shape index (κ1) is 16.6. The number of benzene rings is 1. The first-order chi connectivity index (χ1) is 12.0. The molecular formula is C18H19NO4S2. The van der Waals surface area contributed by atoms with E-state index in [0.29, 0.717) is 24.4 Å². The molecule has 25 heavy (non-hydrogen) atoms. The summed E-state index contributed by atoms with van der Waals surface area (Å²) in [6.07, 6.45) is 0.527. The molecule has 0 saturated carbocycles. The van der Waals surface area contributed by atoms with Crippen molar-refractivity contribution in [1.82, 2.24) is 4.90 Å². The molecule has 2 aromatic rings. The fourth-order valence-electron chi connectivity index (χ4n) is 3.54. The Balaban J connectivity index is 1.65. The summed E-state index contributed by atoms with van der Waals surface area (Å²) in [6, 6.07) is 9.50. The molecule has 5 nitrogen and oxygen atoms in total. The average Bonchev–Trinajstić information content (AvgIpc) is 3.19. The number of hydrogen-bond donors (Lipinski definition) is 0. The van der Waals surface area contributed by atoms with E-state index >= 15 is 0 Å². The molecule has 3 heterocycles. The first-order valence-electron chi connectivity index (χ1n) is 8.35. The van der Waals surface area contributed by atoms with Gasteiger partial charge in [0, 0.05) is 28.6 Å². The molecule has 1 amide bonds. The van der Waals surface area contributed by atoms with Gasteiger partial charge in [-0.3, -0.25) is 4.79 Å². The topological polar surface area (TPSA) is 63.7 Å². The van der Waals surface area contributed by atoms with Crippen LogP contribution in [-0.4, -0.2) is 43.3 Å². The van der Waals surface area contributed by atoms with E-state index in [1.807, 2.05) is 37.3 Å². The Bertz CT molecular complexity index is 932. The van der Waals surface area contributed by atoms with Crippen LogP contribution in [0.15, 0.2) is 30.3 Å². The van der Waals surface area contributed by atoms with Gasteiger partial charge < -0.3 is 9.64 Å². The molecule has 0 bridgehead atoms. The van der Waals surface area contributed by atoms with Crippen molar-refractivity contribution >= 4 is 27.1 Å². The van der Waals surface area contributed by atoms with E-state index in [0.717, 1.165) is 21.8 Å². The molecule has 1 aromatic heterocycles. The number of nitrogens with zero attached hydrogens (tertiary/aromatic N) is 1. The molecule has 1 fully saturated rings. The monoisotopic (exact) mass is 377 g/mol. The van der Waals surface area contributed by atoms with Crippen molar-refractivity contribution in [2.24, 2.45) is 0 Å². The Morgan fingerprint density at radius 1 is 1.36 bits per heavy atom. The first-order valence-corrected chi connectivity index (χ1v) is 11.0. The number of amides is 1. The van der Waals surface area contributed by atoms with Gasteiger partial charge in [-0.2, -0.15) is 0 Å². The highest BCUT2D eigenvalue weighted by molar-refractivity contribution is 7.91. The number of thiophene rings is 1. The van der Waals surface area contributed by atoms with Crippen molar-refractivity contribution < 1.29 is 17.9 Å². The molecule has 0 spiro atoms. The van der Waals surface area contributed by atoms with Crippen LogP contribution in [-0.2, 0) is 16.4 Å². The molecule has 7 heteroatoms. The van der Waals surface area contributed by atoms with Gasteiger partial charge in [0.15, 0.2) is 9.84 Å². The maximum Gasteiger partial charge on any atom is 0.264 e. The van der Waals surface area contributed by atoms with E-state index in [2.05, 4.69) is 0 Å². The van der Waals surface area contributed by atoms with E-state index in [1.165, 1.54) is 11.3 Å². The lowest BCUT2D eigenvalue weighted by Crippen LogP contribution is -2.40. The van der Waals surface area contributed by atoms with E-state index in [-0.39, 0.29) is 23.5 Å². The van der Waals surface area contributed by atoms with Crippen molar-refractivity contribution in [2.45, 2.75) is 26.0 Å². The Kier molecular flexibility index (Phi) is 4.08. The molecule has 132 valence electrons. The lowest BCUT2D eigenvalue weighted by molar-refractivity contribution is 0.0713. The normalized spacial score (nSPS) is 20.4. The van der Waals surface area contributed by atoms with Gasteiger partial charge in [-0.05, 0) is 31.5 Å². The third-order valence-electron chi connectivity index (χ3n) is 4.79. The molecule has 2 aliphatic rings. The smallest absolute Gasteiger partial charge is 0.264 e.